The standard InChI is InChI=1S/C15H18Cl2O3/c1-13(2,3)14-7-18-15(19-8-14,20-9-14)10-4-5-11(16)12(17)6-10/h4-6H,7-9H2,1-3H3. The van der Waals surface area contributed by atoms with Crippen LogP contribution in [-0.2, 0) is 20.2 Å². The van der Waals surface area contributed by atoms with Gasteiger partial charge in [-0.15, -0.1) is 0 Å². The maximum atomic E-state index is 6.07. The Kier molecular flexibility index (Phi) is 3.35. The first kappa shape index (κ1) is 14.6. The van der Waals surface area contributed by atoms with Crippen LogP contribution in [0, 0.1) is 10.8 Å². The number of ether oxygens (including phenoxy) is 3. The summed E-state index contributed by atoms with van der Waals surface area (Å²) < 4.78 is 17.8. The molecule has 3 saturated heterocycles. The third-order valence-electron chi connectivity index (χ3n) is 4.48. The summed E-state index contributed by atoms with van der Waals surface area (Å²) in [6, 6.07) is 5.28. The lowest BCUT2D eigenvalue weighted by atomic mass is 9.67. The second-order valence-corrected chi connectivity index (χ2v) is 7.40. The molecule has 0 spiro atoms. The van der Waals surface area contributed by atoms with E-state index in [1.807, 2.05) is 6.07 Å². The van der Waals surface area contributed by atoms with Crippen LogP contribution in [0.15, 0.2) is 18.2 Å². The smallest absolute Gasteiger partial charge is 0.312 e. The van der Waals surface area contributed by atoms with E-state index >= 15 is 0 Å². The molecule has 20 heavy (non-hydrogen) atoms. The fourth-order valence-corrected chi connectivity index (χ4v) is 2.83. The minimum Gasteiger partial charge on any atom is -0.323 e. The molecule has 0 radical (unpaired) electrons. The number of benzene rings is 1. The molecule has 3 aliphatic heterocycles. The van der Waals surface area contributed by atoms with Crippen LogP contribution in [-0.4, -0.2) is 19.8 Å². The largest absolute Gasteiger partial charge is 0.323 e. The minimum absolute atomic E-state index is 0.0528. The Morgan fingerprint density at radius 1 is 0.950 bits per heavy atom. The number of hydrogen-bond donors (Lipinski definition) is 0. The summed E-state index contributed by atoms with van der Waals surface area (Å²) in [6.07, 6.45) is 0. The van der Waals surface area contributed by atoms with E-state index < -0.39 is 5.97 Å². The first-order valence-corrected chi connectivity index (χ1v) is 7.41. The van der Waals surface area contributed by atoms with Crippen LogP contribution in [0.5, 0.6) is 0 Å². The number of rotatable bonds is 1. The molecule has 3 aliphatic rings. The molecule has 0 N–H and O–H groups in total. The summed E-state index contributed by atoms with van der Waals surface area (Å²) in [5.41, 5.74) is 0.691. The van der Waals surface area contributed by atoms with E-state index in [0.29, 0.717) is 29.9 Å². The quantitative estimate of drug-likeness (QED) is 0.776. The molecular weight excluding hydrogens is 299 g/mol. The van der Waals surface area contributed by atoms with Crippen LogP contribution in [0.3, 0.4) is 0 Å². The normalized spacial score (nSPS) is 33.5. The third-order valence-corrected chi connectivity index (χ3v) is 5.22. The van der Waals surface area contributed by atoms with E-state index in [4.69, 9.17) is 37.4 Å². The molecule has 1 aromatic rings. The monoisotopic (exact) mass is 316 g/mol. The van der Waals surface area contributed by atoms with E-state index in [0.717, 1.165) is 5.56 Å². The highest BCUT2D eigenvalue weighted by Gasteiger charge is 2.58. The predicted molar refractivity (Wildman–Crippen MR) is 77.9 cm³/mol. The number of hydrogen-bond acceptors (Lipinski definition) is 3. The lowest BCUT2D eigenvalue weighted by molar-refractivity contribution is -0.489. The Morgan fingerprint density at radius 2 is 1.50 bits per heavy atom. The van der Waals surface area contributed by atoms with Crippen LogP contribution in [0.1, 0.15) is 26.3 Å². The van der Waals surface area contributed by atoms with Crippen LogP contribution >= 0.6 is 23.2 Å². The van der Waals surface area contributed by atoms with Gasteiger partial charge in [0.2, 0.25) is 0 Å². The molecule has 0 atom stereocenters. The lowest BCUT2D eigenvalue weighted by Gasteiger charge is -2.56. The second kappa shape index (κ2) is 4.59. The highest BCUT2D eigenvalue weighted by Crippen LogP contribution is 2.52. The molecule has 0 aromatic heterocycles. The molecule has 3 fully saturated rings. The zero-order valence-corrected chi connectivity index (χ0v) is 13.3. The van der Waals surface area contributed by atoms with Gasteiger partial charge in [0.1, 0.15) is 0 Å². The molecule has 110 valence electrons. The fraction of sp³-hybridized carbons (Fsp3) is 0.600. The van der Waals surface area contributed by atoms with Crippen molar-refractivity contribution in [1.29, 1.82) is 0 Å². The summed E-state index contributed by atoms with van der Waals surface area (Å²) in [6.45, 7) is 8.37. The van der Waals surface area contributed by atoms with Crippen molar-refractivity contribution in [3.05, 3.63) is 33.8 Å². The average molecular weight is 317 g/mol. The number of halogens is 2. The predicted octanol–water partition coefficient (Wildman–Crippen LogP) is 4.21. The summed E-state index contributed by atoms with van der Waals surface area (Å²) in [5, 5.41) is 0.968. The SMILES string of the molecule is CC(C)(C)C12COC(c3ccc(Cl)c(Cl)c3)(OC1)OC2. The Labute approximate surface area is 129 Å². The molecule has 0 amide bonds. The second-order valence-electron chi connectivity index (χ2n) is 6.58. The van der Waals surface area contributed by atoms with Crippen molar-refractivity contribution in [1.82, 2.24) is 0 Å². The molecule has 5 heteroatoms. The Balaban J connectivity index is 1.90. The molecule has 1 aromatic carbocycles. The van der Waals surface area contributed by atoms with Gasteiger partial charge in [-0.3, -0.25) is 0 Å². The van der Waals surface area contributed by atoms with Crippen molar-refractivity contribution in [2.75, 3.05) is 19.8 Å². The highest BCUT2D eigenvalue weighted by molar-refractivity contribution is 6.42. The van der Waals surface area contributed by atoms with Crippen molar-refractivity contribution in [2.45, 2.75) is 26.7 Å². The van der Waals surface area contributed by atoms with Crippen molar-refractivity contribution in [3.63, 3.8) is 0 Å². The average Bonchev–Trinajstić information content (AvgIpc) is 2.42. The first-order valence-electron chi connectivity index (χ1n) is 6.66. The van der Waals surface area contributed by atoms with Gasteiger partial charge >= 0.3 is 5.97 Å². The summed E-state index contributed by atoms with van der Waals surface area (Å²) in [4.78, 5) is 0. The summed E-state index contributed by atoms with van der Waals surface area (Å²) >= 11 is 12.0. The van der Waals surface area contributed by atoms with Gasteiger partial charge in [0, 0.05) is 11.0 Å². The van der Waals surface area contributed by atoms with E-state index in [1.165, 1.54) is 0 Å². The Morgan fingerprint density at radius 3 is 1.95 bits per heavy atom. The zero-order chi connectivity index (χ0) is 14.6. The van der Waals surface area contributed by atoms with Gasteiger partial charge in [0.25, 0.3) is 0 Å². The van der Waals surface area contributed by atoms with Crippen molar-refractivity contribution in [3.8, 4) is 0 Å². The third kappa shape index (κ3) is 2.08. The molecule has 3 nitrogen and oxygen atoms in total. The molecule has 4 rings (SSSR count). The molecule has 3 heterocycles. The van der Waals surface area contributed by atoms with E-state index in [-0.39, 0.29) is 10.8 Å². The fourth-order valence-electron chi connectivity index (χ4n) is 2.54. The van der Waals surface area contributed by atoms with Gasteiger partial charge in [-0.2, -0.15) is 0 Å². The lowest BCUT2D eigenvalue weighted by Crippen LogP contribution is -2.62. The topological polar surface area (TPSA) is 27.7 Å². The Bertz CT molecular complexity index is 512. The minimum atomic E-state index is -1.14. The summed E-state index contributed by atoms with van der Waals surface area (Å²) in [5.74, 6) is -1.14. The van der Waals surface area contributed by atoms with Crippen LogP contribution in [0.2, 0.25) is 10.0 Å². The summed E-state index contributed by atoms with van der Waals surface area (Å²) in [7, 11) is 0. The van der Waals surface area contributed by atoms with Gasteiger partial charge in [-0.05, 0) is 23.6 Å². The van der Waals surface area contributed by atoms with Gasteiger partial charge in [0.05, 0.1) is 29.9 Å². The van der Waals surface area contributed by atoms with Crippen molar-refractivity contribution < 1.29 is 14.2 Å². The Hall–Kier alpha value is -0.320. The van der Waals surface area contributed by atoms with E-state index in [1.54, 1.807) is 12.1 Å². The molecule has 0 saturated carbocycles. The van der Waals surface area contributed by atoms with Crippen LogP contribution in [0.4, 0.5) is 0 Å². The van der Waals surface area contributed by atoms with Crippen LogP contribution < -0.4 is 0 Å². The van der Waals surface area contributed by atoms with E-state index in [2.05, 4.69) is 20.8 Å². The van der Waals surface area contributed by atoms with Gasteiger partial charge < -0.3 is 14.2 Å². The number of fused-ring (bicyclic) bond motifs is 3. The van der Waals surface area contributed by atoms with E-state index in [9.17, 15) is 0 Å². The first-order chi connectivity index (χ1) is 9.28. The maximum Gasteiger partial charge on any atom is 0.312 e. The van der Waals surface area contributed by atoms with Crippen molar-refractivity contribution in [2.24, 2.45) is 10.8 Å². The molecular formula is C15H18Cl2O3. The van der Waals surface area contributed by atoms with Crippen LogP contribution in [0.25, 0.3) is 0 Å². The maximum absolute atomic E-state index is 6.07. The van der Waals surface area contributed by atoms with Gasteiger partial charge in [-0.1, -0.05) is 44.0 Å². The molecule has 0 aliphatic carbocycles. The highest BCUT2D eigenvalue weighted by atomic mass is 35.5. The van der Waals surface area contributed by atoms with Crippen molar-refractivity contribution >= 4 is 23.2 Å². The molecule has 0 unspecified atom stereocenters. The molecule has 2 bridgehead atoms. The van der Waals surface area contributed by atoms with Gasteiger partial charge in [-0.25, -0.2) is 0 Å². The van der Waals surface area contributed by atoms with Gasteiger partial charge in [0.15, 0.2) is 0 Å². The zero-order valence-electron chi connectivity index (χ0n) is 11.8.